The van der Waals surface area contributed by atoms with E-state index in [1.54, 1.807) is 17.5 Å². The lowest BCUT2D eigenvalue weighted by Gasteiger charge is -2.29. The summed E-state index contributed by atoms with van der Waals surface area (Å²) >= 11 is 3.00. The van der Waals surface area contributed by atoms with Crippen molar-refractivity contribution in [3.8, 4) is 21.1 Å². The van der Waals surface area contributed by atoms with Crippen molar-refractivity contribution in [2.45, 2.75) is 24.8 Å². The molecule has 1 aromatic carbocycles. The summed E-state index contributed by atoms with van der Waals surface area (Å²) in [5.41, 5.74) is 4.98. The monoisotopic (exact) mass is 459 g/mol. The minimum absolute atomic E-state index is 0.104. The Labute approximate surface area is 194 Å². The van der Waals surface area contributed by atoms with Gasteiger partial charge in [0.05, 0.1) is 16.3 Å². The van der Waals surface area contributed by atoms with Crippen LogP contribution in [0.2, 0.25) is 0 Å². The predicted molar refractivity (Wildman–Crippen MR) is 129 cm³/mol. The molecule has 0 N–H and O–H groups in total. The number of carbonyl (C=O) groups excluding carboxylic acids is 1. The van der Waals surface area contributed by atoms with Gasteiger partial charge in [0, 0.05) is 30.2 Å². The molecule has 0 bridgehead atoms. The summed E-state index contributed by atoms with van der Waals surface area (Å²) in [6, 6.07) is 15.9. The van der Waals surface area contributed by atoms with Gasteiger partial charge in [0.25, 0.3) is 0 Å². The number of benzene rings is 1. The molecule has 0 unspecified atom stereocenters. The molecule has 0 saturated heterocycles. The Hall–Kier alpha value is -3.10. The number of rotatable bonds is 5. The van der Waals surface area contributed by atoms with Gasteiger partial charge in [0.1, 0.15) is 15.7 Å². The molecule has 0 spiro atoms. The summed E-state index contributed by atoms with van der Waals surface area (Å²) in [6.45, 7) is 2.75. The van der Waals surface area contributed by atoms with Crippen LogP contribution in [0.25, 0.3) is 21.1 Å². The standard InChI is InChI=1S/C24H21N5OS2/c1-16-23(32-24(26-16)18-7-4-12-25-14-18)19-10-11-21(28-27-19)31-15-22(30)29-13-5-8-17-6-2-3-9-20(17)29/h2-4,6-7,9-12,14H,5,8,13,15H2,1H3. The topological polar surface area (TPSA) is 71.9 Å². The van der Waals surface area contributed by atoms with Crippen LogP contribution < -0.4 is 4.90 Å². The minimum Gasteiger partial charge on any atom is -0.311 e. The van der Waals surface area contributed by atoms with E-state index in [1.807, 2.05) is 60.5 Å². The minimum atomic E-state index is 0.104. The number of hydrogen-bond donors (Lipinski definition) is 0. The molecule has 1 amide bonds. The van der Waals surface area contributed by atoms with E-state index in [4.69, 9.17) is 0 Å². The number of anilines is 1. The summed E-state index contributed by atoms with van der Waals surface area (Å²) < 4.78 is 0. The molecular formula is C24H21N5OS2. The van der Waals surface area contributed by atoms with Crippen molar-refractivity contribution in [1.82, 2.24) is 20.2 Å². The quantitative estimate of drug-likeness (QED) is 0.389. The molecule has 8 heteroatoms. The van der Waals surface area contributed by atoms with E-state index >= 15 is 0 Å². The van der Waals surface area contributed by atoms with E-state index in [0.29, 0.717) is 5.75 Å². The third kappa shape index (κ3) is 4.28. The summed E-state index contributed by atoms with van der Waals surface area (Å²) in [7, 11) is 0. The molecule has 160 valence electrons. The van der Waals surface area contributed by atoms with Gasteiger partial charge >= 0.3 is 0 Å². The molecule has 0 saturated carbocycles. The molecule has 5 rings (SSSR count). The van der Waals surface area contributed by atoms with Gasteiger partial charge in [-0.1, -0.05) is 30.0 Å². The molecule has 1 aliphatic heterocycles. The average Bonchev–Trinajstić information content (AvgIpc) is 3.24. The smallest absolute Gasteiger partial charge is 0.237 e. The molecule has 3 aromatic heterocycles. The molecule has 6 nitrogen and oxygen atoms in total. The first-order valence-electron chi connectivity index (χ1n) is 10.4. The lowest BCUT2D eigenvalue weighted by molar-refractivity contribution is -0.116. The molecule has 0 atom stereocenters. The number of fused-ring (bicyclic) bond motifs is 1. The van der Waals surface area contributed by atoms with Gasteiger partial charge in [-0.15, -0.1) is 21.5 Å². The zero-order valence-corrected chi connectivity index (χ0v) is 19.2. The van der Waals surface area contributed by atoms with Gasteiger partial charge in [-0.3, -0.25) is 9.78 Å². The van der Waals surface area contributed by atoms with Crippen LogP contribution in [0, 0.1) is 6.92 Å². The zero-order valence-electron chi connectivity index (χ0n) is 17.6. The average molecular weight is 460 g/mol. The highest BCUT2D eigenvalue weighted by Gasteiger charge is 2.22. The summed E-state index contributed by atoms with van der Waals surface area (Å²) in [4.78, 5) is 24.6. The summed E-state index contributed by atoms with van der Waals surface area (Å²) in [5.74, 6) is 0.444. The van der Waals surface area contributed by atoms with E-state index in [9.17, 15) is 4.79 Å². The molecule has 1 aliphatic rings. The maximum atomic E-state index is 12.8. The van der Waals surface area contributed by atoms with Crippen molar-refractivity contribution >= 4 is 34.7 Å². The van der Waals surface area contributed by atoms with Crippen LogP contribution in [0.5, 0.6) is 0 Å². The van der Waals surface area contributed by atoms with Crippen LogP contribution in [0.15, 0.2) is 66.0 Å². The molecule has 4 heterocycles. The number of thioether (sulfide) groups is 1. The maximum absolute atomic E-state index is 12.8. The number of para-hydroxylation sites is 1. The van der Waals surface area contributed by atoms with Gasteiger partial charge in [0.15, 0.2) is 0 Å². The van der Waals surface area contributed by atoms with Gasteiger partial charge in [-0.25, -0.2) is 4.98 Å². The van der Waals surface area contributed by atoms with Crippen LogP contribution in [0.3, 0.4) is 0 Å². The van der Waals surface area contributed by atoms with Crippen molar-refractivity contribution in [2.24, 2.45) is 0 Å². The SMILES string of the molecule is Cc1nc(-c2cccnc2)sc1-c1ccc(SCC(=O)N2CCCc3ccccc32)nn1. The van der Waals surface area contributed by atoms with Crippen molar-refractivity contribution < 1.29 is 4.79 Å². The van der Waals surface area contributed by atoms with Gasteiger partial charge < -0.3 is 4.90 Å². The number of nitrogens with zero attached hydrogens (tertiary/aromatic N) is 5. The molecule has 0 aliphatic carbocycles. The second-order valence-electron chi connectivity index (χ2n) is 7.50. The predicted octanol–water partition coefficient (Wildman–Crippen LogP) is 5.04. The highest BCUT2D eigenvalue weighted by molar-refractivity contribution is 7.99. The first-order chi connectivity index (χ1) is 15.7. The first-order valence-corrected chi connectivity index (χ1v) is 12.2. The van der Waals surface area contributed by atoms with Crippen LogP contribution in [0.4, 0.5) is 5.69 Å². The molecule has 4 aromatic rings. The Bertz CT molecular complexity index is 1240. The third-order valence-electron chi connectivity index (χ3n) is 5.33. The Kier molecular flexibility index (Phi) is 5.96. The normalized spacial score (nSPS) is 13.1. The summed E-state index contributed by atoms with van der Waals surface area (Å²) in [5, 5.41) is 10.4. The number of aryl methyl sites for hydroxylation is 2. The Morgan fingerprint density at radius 3 is 2.84 bits per heavy atom. The first kappa shape index (κ1) is 20.8. The van der Waals surface area contributed by atoms with Gasteiger partial charge in [-0.05, 0) is 55.7 Å². The Morgan fingerprint density at radius 2 is 2.03 bits per heavy atom. The number of hydrogen-bond acceptors (Lipinski definition) is 7. The summed E-state index contributed by atoms with van der Waals surface area (Å²) in [6.07, 6.45) is 5.59. The van der Waals surface area contributed by atoms with Crippen molar-refractivity contribution in [3.05, 3.63) is 72.2 Å². The fourth-order valence-corrected chi connectivity index (χ4v) is 5.48. The van der Waals surface area contributed by atoms with Gasteiger partial charge in [0.2, 0.25) is 5.91 Å². The van der Waals surface area contributed by atoms with E-state index in [2.05, 4.69) is 26.2 Å². The highest BCUT2D eigenvalue weighted by Crippen LogP contribution is 2.34. The number of amides is 1. The van der Waals surface area contributed by atoms with Crippen molar-refractivity contribution in [1.29, 1.82) is 0 Å². The lowest BCUT2D eigenvalue weighted by Crippen LogP contribution is -2.36. The molecular weight excluding hydrogens is 438 g/mol. The fourth-order valence-electron chi connectivity index (χ4n) is 3.77. The lowest BCUT2D eigenvalue weighted by atomic mass is 10.0. The van der Waals surface area contributed by atoms with E-state index in [0.717, 1.165) is 56.9 Å². The fraction of sp³-hybridized carbons (Fsp3) is 0.208. The molecule has 32 heavy (non-hydrogen) atoms. The Morgan fingerprint density at radius 1 is 1.12 bits per heavy atom. The van der Waals surface area contributed by atoms with Crippen LogP contribution in [-0.4, -0.2) is 38.4 Å². The largest absolute Gasteiger partial charge is 0.311 e. The van der Waals surface area contributed by atoms with Crippen molar-refractivity contribution in [2.75, 3.05) is 17.2 Å². The van der Waals surface area contributed by atoms with Crippen LogP contribution >= 0.6 is 23.1 Å². The number of carbonyl (C=O) groups is 1. The number of thiazole rings is 1. The third-order valence-corrected chi connectivity index (χ3v) is 7.47. The highest BCUT2D eigenvalue weighted by atomic mass is 32.2. The van der Waals surface area contributed by atoms with Crippen molar-refractivity contribution in [3.63, 3.8) is 0 Å². The second kappa shape index (κ2) is 9.18. The van der Waals surface area contributed by atoms with E-state index < -0.39 is 0 Å². The van der Waals surface area contributed by atoms with Gasteiger partial charge in [-0.2, -0.15) is 0 Å². The Balaban J connectivity index is 1.26. The molecule has 0 fully saturated rings. The van der Waals surface area contributed by atoms with Crippen LogP contribution in [0.1, 0.15) is 17.7 Å². The number of aromatic nitrogens is 4. The molecule has 0 radical (unpaired) electrons. The second-order valence-corrected chi connectivity index (χ2v) is 9.49. The van der Waals surface area contributed by atoms with E-state index in [1.165, 1.54) is 17.3 Å². The number of pyridine rings is 1. The maximum Gasteiger partial charge on any atom is 0.237 e. The zero-order chi connectivity index (χ0) is 21.9. The van der Waals surface area contributed by atoms with E-state index in [-0.39, 0.29) is 5.91 Å². The van der Waals surface area contributed by atoms with Crippen LogP contribution in [-0.2, 0) is 11.2 Å².